The van der Waals surface area contributed by atoms with Gasteiger partial charge in [0.15, 0.2) is 11.5 Å². The standard InChI is InChI=1S/C27H27BrClN3O4/c1-17-4-5-18(2)23(12-17)31-25(33)10-11-26(34)32-30-15-20-13-22(28)27(24(14-20)35-3)36-16-19-6-8-21(29)9-7-19/h4-9,12-15H,10-11,16H2,1-3H3,(H,31,33)(H,32,34). The predicted octanol–water partition coefficient (Wildman–Crippen LogP) is 6.18. The third kappa shape index (κ3) is 8.10. The Morgan fingerprint density at radius 1 is 1.03 bits per heavy atom. The van der Waals surface area contributed by atoms with E-state index in [4.69, 9.17) is 21.1 Å². The Balaban J connectivity index is 1.52. The minimum Gasteiger partial charge on any atom is -0.493 e. The Kier molecular flexibility index (Phi) is 9.90. The van der Waals surface area contributed by atoms with Gasteiger partial charge in [-0.2, -0.15) is 5.10 Å². The molecule has 0 heterocycles. The van der Waals surface area contributed by atoms with E-state index in [9.17, 15) is 9.59 Å². The number of methoxy groups -OCH3 is 1. The molecule has 0 bridgehead atoms. The molecular formula is C27H27BrClN3O4. The normalized spacial score (nSPS) is 10.8. The number of nitrogens with zero attached hydrogens (tertiary/aromatic N) is 1. The van der Waals surface area contributed by atoms with Crippen LogP contribution in [0.5, 0.6) is 11.5 Å². The molecule has 0 unspecified atom stereocenters. The maximum Gasteiger partial charge on any atom is 0.240 e. The van der Waals surface area contributed by atoms with Crippen molar-refractivity contribution in [1.29, 1.82) is 0 Å². The van der Waals surface area contributed by atoms with Crippen molar-refractivity contribution < 1.29 is 19.1 Å². The topological polar surface area (TPSA) is 89.0 Å². The van der Waals surface area contributed by atoms with Gasteiger partial charge in [0.25, 0.3) is 0 Å². The third-order valence-electron chi connectivity index (χ3n) is 5.20. The van der Waals surface area contributed by atoms with E-state index in [1.165, 1.54) is 6.21 Å². The molecule has 188 valence electrons. The minimum absolute atomic E-state index is 0.0124. The van der Waals surface area contributed by atoms with Gasteiger partial charge >= 0.3 is 0 Å². The molecule has 0 aliphatic heterocycles. The number of carbonyl (C=O) groups excluding carboxylic acids is 2. The number of carbonyl (C=O) groups is 2. The SMILES string of the molecule is COc1cc(C=NNC(=O)CCC(=O)Nc2cc(C)ccc2C)cc(Br)c1OCc1ccc(Cl)cc1. The van der Waals surface area contributed by atoms with E-state index in [1.54, 1.807) is 31.4 Å². The first-order valence-electron chi connectivity index (χ1n) is 11.2. The molecule has 0 aliphatic carbocycles. The molecule has 0 spiro atoms. The lowest BCUT2D eigenvalue weighted by Gasteiger charge is -2.13. The largest absolute Gasteiger partial charge is 0.493 e. The van der Waals surface area contributed by atoms with Crippen molar-refractivity contribution in [3.8, 4) is 11.5 Å². The zero-order chi connectivity index (χ0) is 26.1. The fraction of sp³-hybridized carbons (Fsp3) is 0.222. The van der Waals surface area contributed by atoms with Crippen LogP contribution in [-0.2, 0) is 16.2 Å². The Hall–Kier alpha value is -3.36. The van der Waals surface area contributed by atoms with Crippen LogP contribution in [0.3, 0.4) is 0 Å². The average molecular weight is 573 g/mol. The zero-order valence-electron chi connectivity index (χ0n) is 20.2. The molecule has 0 radical (unpaired) electrons. The van der Waals surface area contributed by atoms with Gasteiger partial charge in [-0.15, -0.1) is 0 Å². The number of benzene rings is 3. The van der Waals surface area contributed by atoms with Crippen molar-refractivity contribution in [3.05, 3.63) is 86.3 Å². The molecule has 0 aromatic heterocycles. The minimum atomic E-state index is -0.365. The monoisotopic (exact) mass is 571 g/mol. The molecule has 0 atom stereocenters. The van der Waals surface area contributed by atoms with E-state index >= 15 is 0 Å². The van der Waals surface area contributed by atoms with Crippen LogP contribution in [0.15, 0.2) is 64.2 Å². The van der Waals surface area contributed by atoms with Gasteiger partial charge in [-0.05, 0) is 82.4 Å². The summed E-state index contributed by atoms with van der Waals surface area (Å²) in [5.41, 5.74) is 6.86. The highest BCUT2D eigenvalue weighted by Crippen LogP contribution is 2.37. The van der Waals surface area contributed by atoms with Gasteiger partial charge in [0.1, 0.15) is 6.61 Å². The lowest BCUT2D eigenvalue weighted by atomic mass is 10.1. The van der Waals surface area contributed by atoms with Crippen molar-refractivity contribution in [3.63, 3.8) is 0 Å². The van der Waals surface area contributed by atoms with Crippen LogP contribution in [0.1, 0.15) is 35.1 Å². The number of halogens is 2. The molecule has 0 fully saturated rings. The number of hydrogen-bond donors (Lipinski definition) is 2. The quantitative estimate of drug-likeness (QED) is 0.224. The number of hydrazone groups is 1. The van der Waals surface area contributed by atoms with Crippen LogP contribution >= 0.6 is 27.5 Å². The van der Waals surface area contributed by atoms with Crippen LogP contribution < -0.4 is 20.2 Å². The Morgan fingerprint density at radius 2 is 1.75 bits per heavy atom. The highest BCUT2D eigenvalue weighted by molar-refractivity contribution is 9.10. The Morgan fingerprint density at radius 3 is 2.47 bits per heavy atom. The first-order chi connectivity index (χ1) is 17.2. The van der Waals surface area contributed by atoms with Gasteiger partial charge in [-0.25, -0.2) is 5.43 Å². The maximum absolute atomic E-state index is 12.2. The molecule has 2 N–H and O–H groups in total. The van der Waals surface area contributed by atoms with E-state index in [1.807, 2.05) is 44.2 Å². The number of amides is 2. The van der Waals surface area contributed by atoms with Gasteiger partial charge < -0.3 is 14.8 Å². The first kappa shape index (κ1) is 27.2. The number of anilines is 1. The molecule has 9 heteroatoms. The van der Waals surface area contributed by atoms with Crippen molar-refractivity contribution in [2.75, 3.05) is 12.4 Å². The van der Waals surface area contributed by atoms with Crippen molar-refractivity contribution in [2.45, 2.75) is 33.3 Å². The van der Waals surface area contributed by atoms with Gasteiger partial charge in [-0.3, -0.25) is 9.59 Å². The lowest BCUT2D eigenvalue weighted by Crippen LogP contribution is -2.21. The Bertz CT molecular complexity index is 1260. The van der Waals surface area contributed by atoms with Crippen LogP contribution in [0, 0.1) is 13.8 Å². The number of ether oxygens (including phenoxy) is 2. The first-order valence-corrected chi connectivity index (χ1v) is 12.4. The zero-order valence-corrected chi connectivity index (χ0v) is 22.6. The van der Waals surface area contributed by atoms with Crippen molar-refractivity contribution >= 4 is 51.2 Å². The fourth-order valence-electron chi connectivity index (χ4n) is 3.24. The summed E-state index contributed by atoms with van der Waals surface area (Å²) in [4.78, 5) is 24.3. The van der Waals surface area contributed by atoms with Gasteiger partial charge in [0, 0.05) is 23.6 Å². The maximum atomic E-state index is 12.2. The summed E-state index contributed by atoms with van der Waals surface area (Å²) < 4.78 is 12.1. The second-order valence-corrected chi connectivity index (χ2v) is 9.40. The average Bonchev–Trinajstić information content (AvgIpc) is 2.85. The molecule has 3 aromatic carbocycles. The smallest absolute Gasteiger partial charge is 0.240 e. The van der Waals surface area contributed by atoms with Crippen LogP contribution in [-0.4, -0.2) is 25.1 Å². The lowest BCUT2D eigenvalue weighted by molar-refractivity contribution is -0.124. The summed E-state index contributed by atoms with van der Waals surface area (Å²) in [6.45, 7) is 4.21. The van der Waals surface area contributed by atoms with E-state index < -0.39 is 0 Å². The fourth-order valence-corrected chi connectivity index (χ4v) is 3.94. The summed E-state index contributed by atoms with van der Waals surface area (Å²) >= 11 is 9.43. The number of nitrogens with one attached hydrogen (secondary N) is 2. The predicted molar refractivity (Wildman–Crippen MR) is 146 cm³/mol. The van der Waals surface area contributed by atoms with Gasteiger partial charge in [-0.1, -0.05) is 35.9 Å². The van der Waals surface area contributed by atoms with E-state index in [-0.39, 0.29) is 24.7 Å². The van der Waals surface area contributed by atoms with Gasteiger partial charge in [0.2, 0.25) is 11.8 Å². The second kappa shape index (κ2) is 13.1. The van der Waals surface area contributed by atoms with Crippen molar-refractivity contribution in [1.82, 2.24) is 5.43 Å². The number of aryl methyl sites for hydroxylation is 2. The van der Waals surface area contributed by atoms with E-state index in [0.29, 0.717) is 33.2 Å². The summed E-state index contributed by atoms with van der Waals surface area (Å²) in [6.07, 6.45) is 1.55. The summed E-state index contributed by atoms with van der Waals surface area (Å²) in [5, 5.41) is 7.49. The highest BCUT2D eigenvalue weighted by Gasteiger charge is 2.12. The molecule has 2 amide bonds. The molecule has 0 saturated heterocycles. The summed E-state index contributed by atoms with van der Waals surface area (Å²) in [6, 6.07) is 16.7. The molecule has 36 heavy (non-hydrogen) atoms. The third-order valence-corrected chi connectivity index (χ3v) is 6.04. The number of rotatable bonds is 10. The second-order valence-electron chi connectivity index (χ2n) is 8.11. The van der Waals surface area contributed by atoms with E-state index in [0.717, 1.165) is 22.4 Å². The van der Waals surface area contributed by atoms with Crippen molar-refractivity contribution in [2.24, 2.45) is 5.10 Å². The number of hydrogen-bond acceptors (Lipinski definition) is 5. The highest BCUT2D eigenvalue weighted by atomic mass is 79.9. The molecule has 3 rings (SSSR count). The van der Waals surface area contributed by atoms with Crippen LogP contribution in [0.2, 0.25) is 5.02 Å². The molecule has 0 saturated carbocycles. The van der Waals surface area contributed by atoms with E-state index in [2.05, 4.69) is 31.8 Å². The van der Waals surface area contributed by atoms with Crippen LogP contribution in [0.4, 0.5) is 5.69 Å². The summed E-state index contributed by atoms with van der Waals surface area (Å²) in [5.74, 6) is 0.458. The molecule has 3 aromatic rings. The molecule has 0 aliphatic rings. The van der Waals surface area contributed by atoms with Crippen LogP contribution in [0.25, 0.3) is 0 Å². The molecule has 7 nitrogen and oxygen atoms in total. The van der Waals surface area contributed by atoms with Gasteiger partial charge in [0.05, 0.1) is 17.8 Å². The summed E-state index contributed by atoms with van der Waals surface area (Å²) in [7, 11) is 1.54. The Labute approximate surface area is 224 Å². The molecular weight excluding hydrogens is 546 g/mol.